The van der Waals surface area contributed by atoms with Gasteiger partial charge in [0, 0.05) is 24.6 Å². The second-order valence-electron chi connectivity index (χ2n) is 4.90. The summed E-state index contributed by atoms with van der Waals surface area (Å²) in [5.74, 6) is -0.0549. The van der Waals surface area contributed by atoms with Crippen molar-refractivity contribution in [3.8, 4) is 0 Å². The van der Waals surface area contributed by atoms with Crippen molar-refractivity contribution >= 4 is 27.3 Å². The fourth-order valence-corrected chi connectivity index (χ4v) is 3.22. The molecule has 0 saturated heterocycles. The van der Waals surface area contributed by atoms with Crippen LogP contribution in [0.2, 0.25) is 0 Å². The third-order valence-corrected chi connectivity index (χ3v) is 4.53. The average molecular weight is 315 g/mol. The summed E-state index contributed by atoms with van der Waals surface area (Å²) in [7, 11) is 1.67. The van der Waals surface area contributed by atoms with E-state index in [4.69, 9.17) is 4.74 Å². The Morgan fingerprint density at radius 3 is 3.09 bits per heavy atom. The summed E-state index contributed by atoms with van der Waals surface area (Å²) in [4.78, 5) is 17.1. The van der Waals surface area contributed by atoms with Crippen LogP contribution in [0, 0.1) is 0 Å². The predicted molar refractivity (Wildman–Crippen MR) is 87.1 cm³/mol. The maximum atomic E-state index is 12.3. The molecule has 0 radical (unpaired) electrons. The largest absolute Gasteiger partial charge is 0.383 e. The number of carbonyl (C=O) groups is 1. The first-order valence-electron chi connectivity index (χ1n) is 7.02. The Kier molecular flexibility index (Phi) is 4.50. The highest BCUT2D eigenvalue weighted by atomic mass is 32.1. The minimum Gasteiger partial charge on any atom is -0.383 e. The molecule has 3 rings (SSSR count). The van der Waals surface area contributed by atoms with Gasteiger partial charge in [-0.2, -0.15) is 0 Å². The molecule has 0 unspecified atom stereocenters. The zero-order valence-electron chi connectivity index (χ0n) is 12.3. The van der Waals surface area contributed by atoms with Crippen LogP contribution in [-0.4, -0.2) is 29.2 Å². The molecule has 114 valence electrons. The Hall–Kier alpha value is -2.18. The first-order valence-corrected chi connectivity index (χ1v) is 7.84. The summed E-state index contributed by atoms with van der Waals surface area (Å²) in [6.07, 6.45) is 3.51. The Morgan fingerprint density at radius 1 is 1.41 bits per heavy atom. The quantitative estimate of drug-likeness (QED) is 0.761. The van der Waals surface area contributed by atoms with E-state index in [1.54, 1.807) is 19.6 Å². The number of hydrogen-bond acceptors (Lipinski definition) is 4. The predicted octanol–water partition coefficient (Wildman–Crippen LogP) is 2.67. The molecule has 3 aromatic rings. The average Bonchev–Trinajstić information content (AvgIpc) is 3.16. The molecule has 0 bridgehead atoms. The van der Waals surface area contributed by atoms with Gasteiger partial charge in [0.25, 0.3) is 5.91 Å². The van der Waals surface area contributed by atoms with Crippen LogP contribution in [0.4, 0.5) is 0 Å². The number of fused-ring (bicyclic) bond motifs is 1. The zero-order valence-corrected chi connectivity index (χ0v) is 13.1. The van der Waals surface area contributed by atoms with Gasteiger partial charge >= 0.3 is 0 Å². The topological polar surface area (TPSA) is 56.1 Å². The summed E-state index contributed by atoms with van der Waals surface area (Å²) in [5, 5.41) is 4.05. The Bertz CT molecular complexity index is 745. The van der Waals surface area contributed by atoms with E-state index in [2.05, 4.69) is 10.3 Å². The van der Waals surface area contributed by atoms with E-state index < -0.39 is 0 Å². The molecule has 0 aliphatic heterocycles. The molecule has 5 nitrogen and oxygen atoms in total. The lowest BCUT2D eigenvalue weighted by atomic mass is 10.2. The fourth-order valence-electron chi connectivity index (χ4n) is 2.24. The van der Waals surface area contributed by atoms with E-state index >= 15 is 0 Å². The fraction of sp³-hybridized carbons (Fsp3) is 0.250. The van der Waals surface area contributed by atoms with Gasteiger partial charge in [0.2, 0.25) is 0 Å². The molecular formula is C16H17N3O2S. The molecule has 1 aromatic carbocycles. The van der Waals surface area contributed by atoms with E-state index in [9.17, 15) is 4.79 Å². The van der Waals surface area contributed by atoms with E-state index in [1.807, 2.05) is 34.9 Å². The van der Waals surface area contributed by atoms with Crippen molar-refractivity contribution in [2.45, 2.75) is 13.1 Å². The van der Waals surface area contributed by atoms with Crippen LogP contribution in [-0.2, 0) is 17.8 Å². The number of nitrogens with zero attached hydrogens (tertiary/aromatic N) is 2. The summed E-state index contributed by atoms with van der Waals surface area (Å²) < 4.78 is 8.17. The first kappa shape index (κ1) is 14.7. The molecule has 0 aliphatic rings. The van der Waals surface area contributed by atoms with Gasteiger partial charge in [-0.1, -0.05) is 18.2 Å². The maximum Gasteiger partial charge on any atom is 0.261 e. The van der Waals surface area contributed by atoms with Gasteiger partial charge in [-0.15, -0.1) is 11.3 Å². The summed E-state index contributed by atoms with van der Waals surface area (Å²) in [6.45, 7) is 1.80. The molecule has 1 N–H and O–H groups in total. The van der Waals surface area contributed by atoms with Crippen molar-refractivity contribution in [3.05, 3.63) is 53.4 Å². The molecule has 6 heteroatoms. The number of carbonyl (C=O) groups excluding carboxylic acids is 1. The second kappa shape index (κ2) is 6.72. The number of methoxy groups -OCH3 is 1. The molecular weight excluding hydrogens is 298 g/mol. The van der Waals surface area contributed by atoms with Crippen molar-refractivity contribution in [2.75, 3.05) is 13.7 Å². The standard InChI is InChI=1S/C16H17N3O2S/c1-21-7-6-19-11-17-9-13(19)10-18-16(20)15-8-12-4-2-3-5-14(12)22-15/h2-5,8-9,11H,6-7,10H2,1H3,(H,18,20). The number of ether oxygens (including phenoxy) is 1. The van der Waals surface area contributed by atoms with Crippen molar-refractivity contribution in [1.82, 2.24) is 14.9 Å². The Morgan fingerprint density at radius 2 is 2.27 bits per heavy atom. The lowest BCUT2D eigenvalue weighted by molar-refractivity contribution is 0.0954. The number of imidazole rings is 1. The molecule has 0 spiro atoms. The highest BCUT2D eigenvalue weighted by Gasteiger charge is 2.11. The summed E-state index contributed by atoms with van der Waals surface area (Å²) in [6, 6.07) is 9.93. The molecule has 0 saturated carbocycles. The molecule has 1 amide bonds. The zero-order chi connectivity index (χ0) is 15.4. The van der Waals surface area contributed by atoms with Crippen molar-refractivity contribution < 1.29 is 9.53 Å². The summed E-state index contributed by atoms with van der Waals surface area (Å²) in [5.41, 5.74) is 0.964. The van der Waals surface area contributed by atoms with Crippen molar-refractivity contribution in [1.29, 1.82) is 0 Å². The molecule has 0 atom stereocenters. The first-order chi connectivity index (χ1) is 10.8. The van der Waals surface area contributed by atoms with E-state index in [-0.39, 0.29) is 5.91 Å². The number of aromatic nitrogens is 2. The van der Waals surface area contributed by atoms with Gasteiger partial charge in [0.15, 0.2) is 0 Å². The monoisotopic (exact) mass is 315 g/mol. The highest BCUT2D eigenvalue weighted by molar-refractivity contribution is 7.20. The number of thiophene rings is 1. The number of rotatable bonds is 6. The number of amides is 1. The molecule has 2 aromatic heterocycles. The van der Waals surface area contributed by atoms with Crippen LogP contribution in [0.25, 0.3) is 10.1 Å². The normalized spacial score (nSPS) is 11.0. The Labute approximate surface area is 132 Å². The van der Waals surface area contributed by atoms with E-state index in [0.29, 0.717) is 13.2 Å². The van der Waals surface area contributed by atoms with Crippen LogP contribution in [0.15, 0.2) is 42.9 Å². The SMILES string of the molecule is COCCn1cncc1CNC(=O)c1cc2ccccc2s1. The van der Waals surface area contributed by atoms with Gasteiger partial charge in [0.1, 0.15) is 0 Å². The molecule has 0 aliphatic carbocycles. The third kappa shape index (κ3) is 3.18. The minimum atomic E-state index is -0.0549. The van der Waals surface area contributed by atoms with E-state index in [0.717, 1.165) is 27.2 Å². The lowest BCUT2D eigenvalue weighted by Crippen LogP contribution is -2.23. The maximum absolute atomic E-state index is 12.3. The van der Waals surface area contributed by atoms with Crippen LogP contribution >= 0.6 is 11.3 Å². The van der Waals surface area contributed by atoms with Gasteiger partial charge in [-0.3, -0.25) is 4.79 Å². The summed E-state index contributed by atoms with van der Waals surface area (Å²) >= 11 is 1.51. The number of benzene rings is 1. The minimum absolute atomic E-state index is 0.0549. The van der Waals surface area contributed by atoms with Gasteiger partial charge in [0.05, 0.1) is 30.1 Å². The van der Waals surface area contributed by atoms with Crippen molar-refractivity contribution in [2.24, 2.45) is 0 Å². The van der Waals surface area contributed by atoms with Crippen LogP contribution in [0.1, 0.15) is 15.4 Å². The van der Waals surface area contributed by atoms with Gasteiger partial charge in [-0.25, -0.2) is 4.98 Å². The second-order valence-corrected chi connectivity index (χ2v) is 5.99. The van der Waals surface area contributed by atoms with Crippen LogP contribution < -0.4 is 5.32 Å². The molecule has 0 fully saturated rings. The molecule has 22 heavy (non-hydrogen) atoms. The van der Waals surface area contributed by atoms with Crippen molar-refractivity contribution in [3.63, 3.8) is 0 Å². The number of hydrogen-bond donors (Lipinski definition) is 1. The lowest BCUT2D eigenvalue weighted by Gasteiger charge is -2.08. The smallest absolute Gasteiger partial charge is 0.261 e. The van der Waals surface area contributed by atoms with Crippen LogP contribution in [0.5, 0.6) is 0 Å². The van der Waals surface area contributed by atoms with Gasteiger partial charge < -0.3 is 14.6 Å². The molecule has 2 heterocycles. The Balaban J connectivity index is 1.66. The van der Waals surface area contributed by atoms with Crippen LogP contribution in [0.3, 0.4) is 0 Å². The van der Waals surface area contributed by atoms with Gasteiger partial charge in [-0.05, 0) is 17.5 Å². The number of nitrogens with one attached hydrogen (secondary N) is 1. The highest BCUT2D eigenvalue weighted by Crippen LogP contribution is 2.25. The third-order valence-electron chi connectivity index (χ3n) is 3.41. The van der Waals surface area contributed by atoms with E-state index in [1.165, 1.54) is 11.3 Å².